The van der Waals surface area contributed by atoms with E-state index in [2.05, 4.69) is 15.5 Å². The van der Waals surface area contributed by atoms with Crippen molar-refractivity contribution in [1.82, 2.24) is 15.2 Å². The van der Waals surface area contributed by atoms with E-state index in [0.717, 1.165) is 5.56 Å². The van der Waals surface area contributed by atoms with Crippen molar-refractivity contribution in [1.29, 1.82) is 0 Å². The molecule has 0 aliphatic rings. The SMILES string of the molecule is CCOP(=O)(CNc1nnc(-c2cc(C)c3cc(OCC(F)(F)F)cc(C(C)(C)C)c3n2)o1)OCC. The third-order valence-corrected chi connectivity index (χ3v) is 6.87. The van der Waals surface area contributed by atoms with Crippen molar-refractivity contribution in [3.8, 4) is 17.3 Å². The molecule has 0 unspecified atom stereocenters. The van der Waals surface area contributed by atoms with E-state index >= 15 is 0 Å². The number of fused-ring (bicyclic) bond motifs is 1. The van der Waals surface area contributed by atoms with Crippen molar-refractivity contribution < 1.29 is 35.9 Å². The van der Waals surface area contributed by atoms with Crippen LogP contribution >= 0.6 is 7.60 Å². The molecule has 2 heterocycles. The highest BCUT2D eigenvalue weighted by molar-refractivity contribution is 7.53. The molecule has 0 amide bonds. The lowest BCUT2D eigenvalue weighted by atomic mass is 9.84. The first-order valence-electron chi connectivity index (χ1n) is 11.4. The maximum Gasteiger partial charge on any atom is 0.422 e. The van der Waals surface area contributed by atoms with E-state index in [-0.39, 0.29) is 37.2 Å². The van der Waals surface area contributed by atoms with Gasteiger partial charge >= 0.3 is 19.8 Å². The number of pyridine rings is 1. The van der Waals surface area contributed by atoms with Crippen molar-refractivity contribution in [2.75, 3.05) is 31.4 Å². The van der Waals surface area contributed by atoms with Crippen LogP contribution in [0.4, 0.5) is 19.2 Å². The van der Waals surface area contributed by atoms with E-state index < -0.39 is 25.8 Å². The normalized spacial score (nSPS) is 12.8. The van der Waals surface area contributed by atoms with Gasteiger partial charge in [0.15, 0.2) is 6.61 Å². The van der Waals surface area contributed by atoms with Gasteiger partial charge in [-0.2, -0.15) is 13.2 Å². The van der Waals surface area contributed by atoms with Crippen LogP contribution in [-0.2, 0) is 19.0 Å². The summed E-state index contributed by atoms with van der Waals surface area (Å²) in [5.41, 5.74) is 1.96. The first-order valence-corrected chi connectivity index (χ1v) is 13.1. The van der Waals surface area contributed by atoms with Crippen molar-refractivity contribution >= 4 is 24.5 Å². The average Bonchev–Trinajstić information content (AvgIpc) is 3.24. The molecule has 13 heteroatoms. The second-order valence-electron chi connectivity index (χ2n) is 9.04. The summed E-state index contributed by atoms with van der Waals surface area (Å²) >= 11 is 0. The standard InChI is InChI=1S/C23H30F3N4O5P/c1-7-33-36(31,34-8-2)13-27-21-30-29-20(35-21)18-9-14(3)16-10-15(32-12-23(24,25)26)11-17(19(16)28-18)22(4,5)6/h9-11H,7-8,12-13H2,1-6H3,(H,27,30). The summed E-state index contributed by atoms with van der Waals surface area (Å²) in [6, 6.07) is 4.83. The summed E-state index contributed by atoms with van der Waals surface area (Å²) in [6.45, 7) is 10.1. The van der Waals surface area contributed by atoms with Gasteiger partial charge in [-0.1, -0.05) is 25.9 Å². The van der Waals surface area contributed by atoms with E-state index in [1.165, 1.54) is 0 Å². The van der Waals surface area contributed by atoms with E-state index in [4.69, 9.17) is 23.2 Å². The fourth-order valence-electron chi connectivity index (χ4n) is 3.48. The number of aryl methyl sites for hydroxylation is 1. The van der Waals surface area contributed by atoms with Crippen LogP contribution in [0.15, 0.2) is 22.6 Å². The molecule has 0 fully saturated rings. The van der Waals surface area contributed by atoms with Crippen LogP contribution in [0.2, 0.25) is 0 Å². The number of anilines is 1. The smallest absolute Gasteiger partial charge is 0.422 e. The van der Waals surface area contributed by atoms with E-state index in [9.17, 15) is 17.7 Å². The Bertz CT molecular complexity index is 1250. The average molecular weight is 530 g/mol. The number of aromatic nitrogens is 3. The molecular formula is C23H30F3N4O5P. The van der Waals surface area contributed by atoms with E-state index in [0.29, 0.717) is 22.2 Å². The van der Waals surface area contributed by atoms with Crippen LogP contribution in [0.3, 0.4) is 0 Å². The third kappa shape index (κ3) is 6.96. The molecule has 0 bridgehead atoms. The molecule has 3 rings (SSSR count). The van der Waals surface area contributed by atoms with Gasteiger partial charge in [0, 0.05) is 5.39 Å². The van der Waals surface area contributed by atoms with E-state index in [1.807, 2.05) is 27.7 Å². The highest BCUT2D eigenvalue weighted by Gasteiger charge is 2.29. The predicted octanol–water partition coefficient (Wildman–Crippen LogP) is 6.47. The van der Waals surface area contributed by atoms with Crippen LogP contribution in [0.1, 0.15) is 45.7 Å². The highest BCUT2D eigenvalue weighted by atomic mass is 31.2. The summed E-state index contributed by atoms with van der Waals surface area (Å²) < 4.78 is 71.9. The molecule has 0 saturated heterocycles. The molecular weight excluding hydrogens is 500 g/mol. The molecule has 2 aromatic heterocycles. The van der Waals surface area contributed by atoms with Gasteiger partial charge in [-0.15, -0.1) is 5.10 Å². The topological polar surface area (TPSA) is 109 Å². The zero-order chi connectivity index (χ0) is 26.7. The molecule has 0 aliphatic heterocycles. The summed E-state index contributed by atoms with van der Waals surface area (Å²) in [5, 5.41) is 11.4. The molecule has 0 atom stereocenters. The Labute approximate surface area is 207 Å². The number of rotatable bonds is 10. The molecule has 0 aliphatic carbocycles. The monoisotopic (exact) mass is 530 g/mol. The molecule has 0 saturated carbocycles. The van der Waals surface area contributed by atoms with Gasteiger partial charge in [-0.05, 0) is 55.5 Å². The van der Waals surface area contributed by atoms with Gasteiger partial charge in [-0.3, -0.25) is 4.57 Å². The number of halogens is 3. The summed E-state index contributed by atoms with van der Waals surface area (Å²) in [7, 11) is -3.37. The van der Waals surface area contributed by atoms with Crippen molar-refractivity contribution in [2.24, 2.45) is 0 Å². The van der Waals surface area contributed by atoms with Crippen LogP contribution in [0, 0.1) is 6.92 Å². The molecule has 198 valence electrons. The molecule has 3 aromatic rings. The Hall–Kier alpha value is -2.69. The van der Waals surface area contributed by atoms with Gasteiger partial charge in [-0.25, -0.2) is 4.98 Å². The lowest BCUT2D eigenvalue weighted by Crippen LogP contribution is -2.20. The van der Waals surface area contributed by atoms with Crippen LogP contribution in [-0.4, -0.2) is 47.5 Å². The lowest BCUT2D eigenvalue weighted by Gasteiger charge is -2.23. The minimum atomic E-state index is -4.45. The molecule has 0 spiro atoms. The quantitative estimate of drug-likeness (QED) is 0.295. The third-order valence-electron chi connectivity index (χ3n) is 5.02. The number of alkyl halides is 3. The van der Waals surface area contributed by atoms with E-state index in [1.54, 1.807) is 32.0 Å². The number of nitrogens with zero attached hydrogens (tertiary/aromatic N) is 3. The molecule has 0 radical (unpaired) electrons. The van der Waals surface area contributed by atoms with Gasteiger partial charge in [0.25, 0.3) is 5.89 Å². The molecule has 1 N–H and O–H groups in total. The van der Waals surface area contributed by atoms with Gasteiger partial charge in [0.2, 0.25) is 0 Å². The Kier molecular flexibility index (Phi) is 8.32. The largest absolute Gasteiger partial charge is 0.484 e. The Morgan fingerprint density at radius 2 is 1.72 bits per heavy atom. The van der Waals surface area contributed by atoms with Gasteiger partial charge in [0.1, 0.15) is 17.7 Å². The minimum Gasteiger partial charge on any atom is -0.484 e. The first kappa shape index (κ1) is 27.9. The predicted molar refractivity (Wildman–Crippen MR) is 129 cm³/mol. The highest BCUT2D eigenvalue weighted by Crippen LogP contribution is 2.47. The fourth-order valence-corrected chi connectivity index (χ4v) is 4.85. The number of benzene rings is 1. The Morgan fingerprint density at radius 1 is 1.06 bits per heavy atom. The van der Waals surface area contributed by atoms with Crippen LogP contribution < -0.4 is 10.1 Å². The minimum absolute atomic E-state index is 0.0103. The molecule has 1 aromatic carbocycles. The number of hydrogen-bond donors (Lipinski definition) is 1. The number of nitrogens with one attached hydrogen (secondary N) is 1. The number of ether oxygens (including phenoxy) is 1. The zero-order valence-electron chi connectivity index (χ0n) is 21.0. The maximum atomic E-state index is 12.7. The molecule has 9 nitrogen and oxygen atoms in total. The summed E-state index contributed by atoms with van der Waals surface area (Å²) in [5.74, 6) is 0.224. The molecule has 36 heavy (non-hydrogen) atoms. The maximum absolute atomic E-state index is 12.7. The summed E-state index contributed by atoms with van der Waals surface area (Å²) in [4.78, 5) is 4.70. The first-order chi connectivity index (χ1) is 16.7. The second-order valence-corrected chi connectivity index (χ2v) is 11.1. The van der Waals surface area contributed by atoms with Gasteiger partial charge in [0.05, 0.1) is 18.7 Å². The Morgan fingerprint density at radius 3 is 2.31 bits per heavy atom. The second kappa shape index (κ2) is 10.7. The number of hydrogen-bond acceptors (Lipinski definition) is 9. The van der Waals surface area contributed by atoms with Crippen LogP contribution in [0.5, 0.6) is 5.75 Å². The zero-order valence-corrected chi connectivity index (χ0v) is 21.9. The van der Waals surface area contributed by atoms with Crippen molar-refractivity contribution in [2.45, 2.75) is 53.1 Å². The summed E-state index contributed by atoms with van der Waals surface area (Å²) in [6.07, 6.45) is -4.61. The van der Waals surface area contributed by atoms with Crippen molar-refractivity contribution in [3.05, 3.63) is 29.3 Å². The fraction of sp³-hybridized carbons (Fsp3) is 0.522. The van der Waals surface area contributed by atoms with Crippen LogP contribution in [0.25, 0.3) is 22.5 Å². The van der Waals surface area contributed by atoms with Crippen molar-refractivity contribution in [3.63, 3.8) is 0 Å². The Balaban J connectivity index is 1.96. The lowest BCUT2D eigenvalue weighted by molar-refractivity contribution is -0.153. The van der Waals surface area contributed by atoms with Gasteiger partial charge < -0.3 is 23.5 Å².